The molecule has 0 atom stereocenters. The number of rotatable bonds is 4. The zero-order valence-corrected chi connectivity index (χ0v) is 11.8. The maximum Gasteiger partial charge on any atom is 0.260 e. The highest BCUT2D eigenvalue weighted by atomic mass is 35.5. The van der Waals surface area contributed by atoms with Crippen LogP contribution < -0.4 is 0 Å². The van der Waals surface area contributed by atoms with Gasteiger partial charge in [-0.05, 0) is 25.0 Å². The summed E-state index contributed by atoms with van der Waals surface area (Å²) in [5.41, 5.74) is -0.257. The summed E-state index contributed by atoms with van der Waals surface area (Å²) in [5.74, 6) is -1.05. The zero-order chi connectivity index (χ0) is 14.5. The van der Waals surface area contributed by atoms with E-state index in [1.165, 1.54) is 18.2 Å². The number of alkyl halides is 1. The number of piperidine rings is 1. The summed E-state index contributed by atoms with van der Waals surface area (Å²) in [6.07, 6.45) is 1.47. The van der Waals surface area contributed by atoms with Crippen molar-refractivity contribution in [2.45, 2.75) is 18.9 Å². The molecule has 0 radical (unpaired) electrons. The molecule has 1 fully saturated rings. The van der Waals surface area contributed by atoms with Crippen LogP contribution >= 0.6 is 11.6 Å². The van der Waals surface area contributed by atoms with Gasteiger partial charge in [0, 0.05) is 19.0 Å². The SMILES string of the molecule is O=C(c1c(O)cccc1F)N1CCC(OCCCl)CC1. The number of phenolic OH excluding ortho intramolecular Hbond substituents is 1. The predicted molar refractivity (Wildman–Crippen MR) is 73.7 cm³/mol. The van der Waals surface area contributed by atoms with Crippen molar-refractivity contribution in [2.75, 3.05) is 25.6 Å². The normalized spacial score (nSPS) is 16.4. The highest BCUT2D eigenvalue weighted by Crippen LogP contribution is 2.24. The minimum atomic E-state index is -0.699. The van der Waals surface area contributed by atoms with E-state index in [0.29, 0.717) is 38.4 Å². The standard InChI is InChI=1S/C14H17ClFNO3/c15-6-9-20-10-4-7-17(8-5-10)14(19)13-11(16)2-1-3-12(13)18/h1-3,10,18H,4-9H2. The molecule has 1 aromatic rings. The molecule has 6 heteroatoms. The molecular formula is C14H17ClFNO3. The van der Waals surface area contributed by atoms with Crippen LogP contribution in [0.4, 0.5) is 4.39 Å². The number of phenols is 1. The molecule has 1 heterocycles. The van der Waals surface area contributed by atoms with Gasteiger partial charge in [0.25, 0.3) is 5.91 Å². The first-order valence-corrected chi connectivity index (χ1v) is 7.11. The number of nitrogens with zero attached hydrogens (tertiary/aromatic N) is 1. The van der Waals surface area contributed by atoms with E-state index in [4.69, 9.17) is 16.3 Å². The van der Waals surface area contributed by atoms with E-state index < -0.39 is 11.7 Å². The number of carbonyl (C=O) groups is 1. The molecule has 2 rings (SSSR count). The van der Waals surface area contributed by atoms with Crippen LogP contribution in [0.15, 0.2) is 18.2 Å². The van der Waals surface area contributed by atoms with Crippen molar-refractivity contribution in [2.24, 2.45) is 0 Å². The number of carbonyl (C=O) groups excluding carboxylic acids is 1. The van der Waals surface area contributed by atoms with Crippen LogP contribution in [0.25, 0.3) is 0 Å². The Morgan fingerprint density at radius 2 is 2.15 bits per heavy atom. The minimum Gasteiger partial charge on any atom is -0.507 e. The maximum atomic E-state index is 13.7. The van der Waals surface area contributed by atoms with Crippen LogP contribution in [-0.4, -0.2) is 47.6 Å². The lowest BCUT2D eigenvalue weighted by Gasteiger charge is -2.32. The van der Waals surface area contributed by atoms with Crippen molar-refractivity contribution in [3.63, 3.8) is 0 Å². The highest BCUT2D eigenvalue weighted by molar-refractivity contribution is 6.17. The summed E-state index contributed by atoms with van der Waals surface area (Å²) < 4.78 is 19.2. The third kappa shape index (κ3) is 3.41. The minimum absolute atomic E-state index is 0.0898. The predicted octanol–water partition coefficient (Wildman–Crippen LogP) is 2.39. The Bertz CT molecular complexity index is 455. The van der Waals surface area contributed by atoms with Crippen molar-refractivity contribution < 1.29 is 19.0 Å². The Kier molecular flexibility index (Phi) is 5.20. The molecule has 0 saturated carbocycles. The maximum absolute atomic E-state index is 13.7. The van der Waals surface area contributed by atoms with Gasteiger partial charge in [-0.25, -0.2) is 4.39 Å². The largest absolute Gasteiger partial charge is 0.507 e. The van der Waals surface area contributed by atoms with E-state index >= 15 is 0 Å². The molecule has 1 aliphatic heterocycles. The third-order valence-electron chi connectivity index (χ3n) is 3.37. The van der Waals surface area contributed by atoms with E-state index in [1.54, 1.807) is 4.90 Å². The van der Waals surface area contributed by atoms with Gasteiger partial charge in [-0.2, -0.15) is 0 Å². The average Bonchev–Trinajstić information content (AvgIpc) is 2.45. The number of hydrogen-bond acceptors (Lipinski definition) is 3. The van der Waals surface area contributed by atoms with Crippen LogP contribution in [-0.2, 0) is 4.74 Å². The molecule has 1 N–H and O–H groups in total. The van der Waals surface area contributed by atoms with E-state index in [2.05, 4.69) is 0 Å². The second-order valence-corrected chi connectivity index (χ2v) is 5.06. The number of benzene rings is 1. The van der Waals surface area contributed by atoms with Gasteiger partial charge in [0.15, 0.2) is 0 Å². The van der Waals surface area contributed by atoms with Crippen molar-refractivity contribution in [1.82, 2.24) is 4.90 Å². The van der Waals surface area contributed by atoms with E-state index in [0.717, 1.165) is 0 Å². The molecule has 0 spiro atoms. The van der Waals surface area contributed by atoms with Gasteiger partial charge in [-0.15, -0.1) is 11.6 Å². The Morgan fingerprint density at radius 1 is 1.45 bits per heavy atom. The summed E-state index contributed by atoms with van der Waals surface area (Å²) in [6, 6.07) is 3.85. The first-order chi connectivity index (χ1) is 9.63. The van der Waals surface area contributed by atoms with Gasteiger partial charge < -0.3 is 14.7 Å². The van der Waals surface area contributed by atoms with Gasteiger partial charge in [0.2, 0.25) is 0 Å². The molecule has 1 aliphatic rings. The first-order valence-electron chi connectivity index (χ1n) is 6.57. The fourth-order valence-electron chi connectivity index (χ4n) is 2.32. The van der Waals surface area contributed by atoms with Crippen molar-refractivity contribution in [1.29, 1.82) is 0 Å². The van der Waals surface area contributed by atoms with Crippen LogP contribution in [0.2, 0.25) is 0 Å². The Balaban J connectivity index is 1.98. The Hall–Kier alpha value is -1.33. The third-order valence-corrected chi connectivity index (χ3v) is 3.52. The summed E-state index contributed by atoms with van der Waals surface area (Å²) >= 11 is 5.56. The van der Waals surface area contributed by atoms with Gasteiger partial charge in [0.05, 0.1) is 12.7 Å². The van der Waals surface area contributed by atoms with Gasteiger partial charge in [-0.3, -0.25) is 4.79 Å². The molecule has 20 heavy (non-hydrogen) atoms. The smallest absolute Gasteiger partial charge is 0.260 e. The molecule has 110 valence electrons. The molecule has 0 aromatic heterocycles. The summed E-state index contributed by atoms with van der Waals surface area (Å²) in [4.78, 5) is 13.8. The van der Waals surface area contributed by atoms with Crippen molar-refractivity contribution >= 4 is 17.5 Å². The molecule has 4 nitrogen and oxygen atoms in total. The molecular weight excluding hydrogens is 285 g/mol. The molecule has 0 unspecified atom stereocenters. The fraction of sp³-hybridized carbons (Fsp3) is 0.500. The van der Waals surface area contributed by atoms with Crippen molar-refractivity contribution in [3.8, 4) is 5.75 Å². The summed E-state index contributed by atoms with van der Waals surface area (Å²) in [7, 11) is 0. The average molecular weight is 302 g/mol. The lowest BCUT2D eigenvalue weighted by Crippen LogP contribution is -2.41. The van der Waals surface area contributed by atoms with Crippen LogP contribution in [0.5, 0.6) is 5.75 Å². The lowest BCUT2D eigenvalue weighted by atomic mass is 10.1. The second-order valence-electron chi connectivity index (χ2n) is 4.69. The number of hydrogen-bond donors (Lipinski definition) is 1. The van der Waals surface area contributed by atoms with Gasteiger partial charge >= 0.3 is 0 Å². The van der Waals surface area contributed by atoms with E-state index in [9.17, 15) is 14.3 Å². The van der Waals surface area contributed by atoms with Crippen molar-refractivity contribution in [3.05, 3.63) is 29.6 Å². The molecule has 1 amide bonds. The molecule has 1 aromatic carbocycles. The molecule has 0 bridgehead atoms. The van der Waals surface area contributed by atoms with Gasteiger partial charge in [-0.1, -0.05) is 6.07 Å². The van der Waals surface area contributed by atoms with E-state index in [-0.39, 0.29) is 17.4 Å². The van der Waals surface area contributed by atoms with Crippen LogP contribution in [0, 0.1) is 5.82 Å². The Labute approximate surface area is 122 Å². The molecule has 1 saturated heterocycles. The first kappa shape index (κ1) is 15.1. The number of aromatic hydroxyl groups is 1. The topological polar surface area (TPSA) is 49.8 Å². The number of likely N-dealkylation sites (tertiary alicyclic amines) is 1. The summed E-state index contributed by atoms with van der Waals surface area (Å²) in [6.45, 7) is 1.47. The number of amides is 1. The highest BCUT2D eigenvalue weighted by Gasteiger charge is 2.27. The zero-order valence-electron chi connectivity index (χ0n) is 11.0. The fourth-order valence-corrected chi connectivity index (χ4v) is 2.41. The monoisotopic (exact) mass is 301 g/mol. The quantitative estimate of drug-likeness (QED) is 0.869. The second kappa shape index (κ2) is 6.90. The van der Waals surface area contributed by atoms with Crippen LogP contribution in [0.1, 0.15) is 23.2 Å². The lowest BCUT2D eigenvalue weighted by molar-refractivity contribution is 0.0152. The number of ether oxygens (including phenoxy) is 1. The Morgan fingerprint density at radius 3 is 2.75 bits per heavy atom. The van der Waals surface area contributed by atoms with Crippen LogP contribution in [0.3, 0.4) is 0 Å². The van der Waals surface area contributed by atoms with E-state index in [1.807, 2.05) is 0 Å². The van der Waals surface area contributed by atoms with Gasteiger partial charge in [0.1, 0.15) is 17.1 Å². The molecule has 0 aliphatic carbocycles. The number of halogens is 2. The summed E-state index contributed by atoms with van der Waals surface area (Å²) in [5, 5.41) is 9.63.